The van der Waals surface area contributed by atoms with Gasteiger partial charge in [-0.15, -0.1) is 0 Å². The fourth-order valence-electron chi connectivity index (χ4n) is 2.36. The van der Waals surface area contributed by atoms with E-state index in [2.05, 4.69) is 12.2 Å². The number of benzene rings is 1. The molecule has 0 radical (unpaired) electrons. The van der Waals surface area contributed by atoms with Gasteiger partial charge in [0.2, 0.25) is 0 Å². The van der Waals surface area contributed by atoms with Crippen LogP contribution in [0.15, 0.2) is 24.3 Å². The zero-order valence-corrected chi connectivity index (χ0v) is 12.7. The molecule has 1 aromatic carbocycles. The number of halogens is 3. The summed E-state index contributed by atoms with van der Waals surface area (Å²) < 4.78 is 38.0. The average Bonchev–Trinajstić information content (AvgIpc) is 2.47. The maximum atomic E-state index is 12.7. The smallest absolute Gasteiger partial charge is 0.338 e. The van der Waals surface area contributed by atoms with E-state index in [0.717, 1.165) is 44.9 Å². The first-order chi connectivity index (χ1) is 9.90. The SMILES string of the molecule is CC[NH+]1CCN(C(=S)Nc2cccc(C(F)(F)F)c2)CC1. The predicted molar refractivity (Wildman–Crippen MR) is 80.5 cm³/mol. The first-order valence-electron chi connectivity index (χ1n) is 6.97. The number of alkyl halides is 3. The summed E-state index contributed by atoms with van der Waals surface area (Å²) in [5, 5.41) is 3.40. The lowest BCUT2D eigenvalue weighted by atomic mass is 10.2. The number of anilines is 1. The van der Waals surface area contributed by atoms with E-state index in [-0.39, 0.29) is 0 Å². The summed E-state index contributed by atoms with van der Waals surface area (Å²) in [6.45, 7) is 6.88. The highest BCUT2D eigenvalue weighted by atomic mass is 32.1. The van der Waals surface area contributed by atoms with Gasteiger partial charge in [-0.1, -0.05) is 6.07 Å². The molecule has 1 heterocycles. The molecule has 116 valence electrons. The molecule has 2 rings (SSSR count). The molecule has 0 spiro atoms. The van der Waals surface area contributed by atoms with Gasteiger partial charge in [-0.25, -0.2) is 0 Å². The van der Waals surface area contributed by atoms with Gasteiger partial charge in [-0.3, -0.25) is 0 Å². The van der Waals surface area contributed by atoms with Crippen LogP contribution in [0.25, 0.3) is 0 Å². The van der Waals surface area contributed by atoms with E-state index in [1.807, 2.05) is 4.90 Å². The second-order valence-electron chi connectivity index (χ2n) is 5.10. The van der Waals surface area contributed by atoms with Crippen molar-refractivity contribution in [1.82, 2.24) is 4.90 Å². The van der Waals surface area contributed by atoms with Crippen LogP contribution < -0.4 is 10.2 Å². The number of nitrogens with zero attached hydrogens (tertiary/aromatic N) is 1. The molecule has 3 nitrogen and oxygen atoms in total. The van der Waals surface area contributed by atoms with Crippen molar-refractivity contribution in [2.24, 2.45) is 0 Å². The number of quaternary nitrogens is 1. The summed E-state index contributed by atoms with van der Waals surface area (Å²) in [6.07, 6.45) is -4.34. The zero-order valence-electron chi connectivity index (χ0n) is 11.8. The van der Waals surface area contributed by atoms with E-state index >= 15 is 0 Å². The van der Waals surface area contributed by atoms with Crippen LogP contribution in [0.1, 0.15) is 12.5 Å². The molecule has 0 unspecified atom stereocenters. The van der Waals surface area contributed by atoms with Crippen LogP contribution >= 0.6 is 12.2 Å². The number of hydrogen-bond acceptors (Lipinski definition) is 1. The number of rotatable bonds is 2. The lowest BCUT2D eigenvalue weighted by Gasteiger charge is -2.33. The van der Waals surface area contributed by atoms with E-state index in [1.165, 1.54) is 11.0 Å². The molecule has 21 heavy (non-hydrogen) atoms. The van der Waals surface area contributed by atoms with Crippen LogP contribution in [-0.2, 0) is 6.18 Å². The standard InChI is InChI=1S/C14H18F3N3S/c1-2-19-6-8-20(9-7-19)13(21)18-12-5-3-4-11(10-12)14(15,16)17/h3-5,10H,2,6-9H2,1H3,(H,18,21)/p+1. The van der Waals surface area contributed by atoms with Crippen LogP contribution in [0.5, 0.6) is 0 Å². The Morgan fingerprint density at radius 1 is 1.33 bits per heavy atom. The summed E-state index contributed by atoms with van der Waals surface area (Å²) >= 11 is 5.29. The Labute approximate surface area is 127 Å². The van der Waals surface area contributed by atoms with E-state index in [9.17, 15) is 13.2 Å². The Morgan fingerprint density at radius 2 is 2.00 bits per heavy atom. The number of hydrogen-bond donors (Lipinski definition) is 2. The molecule has 0 aliphatic carbocycles. The Hall–Kier alpha value is -1.34. The molecule has 1 saturated heterocycles. The molecule has 7 heteroatoms. The van der Waals surface area contributed by atoms with Crippen LogP contribution in [0.4, 0.5) is 18.9 Å². The number of thiocarbonyl (C=S) groups is 1. The molecule has 1 aliphatic heterocycles. The van der Waals surface area contributed by atoms with Gasteiger partial charge in [0, 0.05) is 5.69 Å². The summed E-state index contributed by atoms with van der Waals surface area (Å²) in [5.41, 5.74) is -0.296. The van der Waals surface area contributed by atoms with E-state index in [0.29, 0.717) is 10.8 Å². The molecule has 0 saturated carbocycles. The zero-order chi connectivity index (χ0) is 15.5. The number of likely N-dealkylation sites (N-methyl/N-ethyl adjacent to an activating group) is 1. The Bertz CT molecular complexity index is 496. The molecule has 2 N–H and O–H groups in total. The Balaban J connectivity index is 1.97. The molecule has 1 aromatic rings. The van der Waals surface area contributed by atoms with Gasteiger partial charge in [-0.2, -0.15) is 13.2 Å². The maximum absolute atomic E-state index is 12.7. The van der Waals surface area contributed by atoms with E-state index in [4.69, 9.17) is 12.2 Å². The van der Waals surface area contributed by atoms with Crippen LogP contribution in [-0.4, -0.2) is 42.7 Å². The highest BCUT2D eigenvalue weighted by molar-refractivity contribution is 7.80. The van der Waals surface area contributed by atoms with Gasteiger partial charge in [0.15, 0.2) is 5.11 Å². The molecule has 0 amide bonds. The Morgan fingerprint density at radius 3 is 2.57 bits per heavy atom. The lowest BCUT2D eigenvalue weighted by molar-refractivity contribution is -0.902. The predicted octanol–water partition coefficient (Wildman–Crippen LogP) is 1.62. The third-order valence-corrected chi connectivity index (χ3v) is 4.06. The molecule has 1 aliphatic rings. The summed E-state index contributed by atoms with van der Waals surface area (Å²) in [6, 6.07) is 5.11. The number of piperazine rings is 1. The number of nitrogens with one attached hydrogen (secondary N) is 2. The minimum atomic E-state index is -4.34. The first-order valence-corrected chi connectivity index (χ1v) is 7.37. The highest BCUT2D eigenvalue weighted by Crippen LogP contribution is 2.30. The summed E-state index contributed by atoms with van der Waals surface area (Å²) in [4.78, 5) is 3.53. The topological polar surface area (TPSA) is 19.7 Å². The molecular weight excluding hydrogens is 299 g/mol. The largest absolute Gasteiger partial charge is 0.416 e. The van der Waals surface area contributed by atoms with Crippen molar-refractivity contribution < 1.29 is 18.1 Å². The van der Waals surface area contributed by atoms with Gasteiger partial charge in [-0.05, 0) is 37.3 Å². The van der Waals surface area contributed by atoms with Gasteiger partial charge >= 0.3 is 6.18 Å². The van der Waals surface area contributed by atoms with Gasteiger partial charge in [0.1, 0.15) is 0 Å². The average molecular weight is 318 g/mol. The van der Waals surface area contributed by atoms with Crippen molar-refractivity contribution >= 4 is 23.0 Å². The van der Waals surface area contributed by atoms with Crippen molar-refractivity contribution in [3.63, 3.8) is 0 Å². The molecule has 0 aromatic heterocycles. The normalized spacial score (nSPS) is 16.9. The second-order valence-corrected chi connectivity index (χ2v) is 5.49. The van der Waals surface area contributed by atoms with Crippen molar-refractivity contribution in [3.05, 3.63) is 29.8 Å². The third-order valence-electron chi connectivity index (χ3n) is 3.70. The molecular formula is C14H19F3N3S+. The van der Waals surface area contributed by atoms with Gasteiger partial charge in [0.25, 0.3) is 0 Å². The van der Waals surface area contributed by atoms with Gasteiger partial charge in [0.05, 0.1) is 38.3 Å². The van der Waals surface area contributed by atoms with Crippen LogP contribution in [0.2, 0.25) is 0 Å². The lowest BCUT2D eigenvalue weighted by Crippen LogP contribution is -3.14. The monoisotopic (exact) mass is 318 g/mol. The minimum Gasteiger partial charge on any atom is -0.338 e. The van der Waals surface area contributed by atoms with Gasteiger partial charge < -0.3 is 15.1 Å². The van der Waals surface area contributed by atoms with Crippen LogP contribution in [0.3, 0.4) is 0 Å². The van der Waals surface area contributed by atoms with Crippen LogP contribution in [0, 0.1) is 0 Å². The van der Waals surface area contributed by atoms with Crippen molar-refractivity contribution in [1.29, 1.82) is 0 Å². The summed E-state index contributed by atoms with van der Waals surface area (Å²) in [5.74, 6) is 0. The third kappa shape index (κ3) is 4.31. The molecule has 0 bridgehead atoms. The van der Waals surface area contributed by atoms with Crippen molar-refractivity contribution in [2.45, 2.75) is 13.1 Å². The maximum Gasteiger partial charge on any atom is 0.416 e. The molecule has 0 atom stereocenters. The second kappa shape index (κ2) is 6.62. The van der Waals surface area contributed by atoms with Crippen molar-refractivity contribution in [2.75, 3.05) is 38.0 Å². The fourth-order valence-corrected chi connectivity index (χ4v) is 2.66. The van der Waals surface area contributed by atoms with Crippen molar-refractivity contribution in [3.8, 4) is 0 Å². The van der Waals surface area contributed by atoms with E-state index < -0.39 is 11.7 Å². The first kappa shape index (κ1) is 16.0. The summed E-state index contributed by atoms with van der Waals surface area (Å²) in [7, 11) is 0. The highest BCUT2D eigenvalue weighted by Gasteiger charge is 2.30. The minimum absolute atomic E-state index is 0.375. The van der Waals surface area contributed by atoms with E-state index in [1.54, 1.807) is 6.07 Å². The molecule has 1 fully saturated rings. The fraction of sp³-hybridized carbons (Fsp3) is 0.500. The quantitative estimate of drug-likeness (QED) is 0.809. The Kier molecular flexibility index (Phi) is 5.05.